The van der Waals surface area contributed by atoms with E-state index in [-0.39, 0.29) is 5.41 Å². The summed E-state index contributed by atoms with van der Waals surface area (Å²) in [5, 5.41) is 11.5. The van der Waals surface area contributed by atoms with Gasteiger partial charge in [0.1, 0.15) is 0 Å². The molecule has 0 unspecified atom stereocenters. The standard InChI is InChI=1S/C11H14OS/c12-9-11(5-1-2-6-11)8-10-4-3-7-13-10/h1-4,7,12H,5-6,8-9H2. The molecule has 2 heteroatoms. The van der Waals surface area contributed by atoms with Crippen molar-refractivity contribution in [3.63, 3.8) is 0 Å². The second-order valence-electron chi connectivity index (χ2n) is 3.79. The van der Waals surface area contributed by atoms with Gasteiger partial charge >= 0.3 is 0 Å². The van der Waals surface area contributed by atoms with Gasteiger partial charge in [-0.1, -0.05) is 18.2 Å². The molecule has 1 N–H and O–H groups in total. The van der Waals surface area contributed by atoms with E-state index in [1.54, 1.807) is 11.3 Å². The van der Waals surface area contributed by atoms with E-state index in [0.29, 0.717) is 6.61 Å². The van der Waals surface area contributed by atoms with Gasteiger partial charge in [0.2, 0.25) is 0 Å². The molecule has 0 amide bonds. The first kappa shape index (κ1) is 8.97. The van der Waals surface area contributed by atoms with E-state index in [1.807, 2.05) is 0 Å². The average Bonchev–Trinajstić information content (AvgIpc) is 2.77. The molecule has 13 heavy (non-hydrogen) atoms. The molecule has 1 nitrogen and oxygen atoms in total. The second-order valence-corrected chi connectivity index (χ2v) is 4.83. The van der Waals surface area contributed by atoms with Gasteiger partial charge < -0.3 is 5.11 Å². The van der Waals surface area contributed by atoms with E-state index in [1.165, 1.54) is 4.88 Å². The predicted octanol–water partition coefficient (Wildman–Crippen LogP) is 2.62. The monoisotopic (exact) mass is 194 g/mol. The smallest absolute Gasteiger partial charge is 0.0496 e. The first-order chi connectivity index (χ1) is 6.35. The minimum Gasteiger partial charge on any atom is -0.396 e. The van der Waals surface area contributed by atoms with Crippen LogP contribution in [0.2, 0.25) is 0 Å². The molecule has 0 bridgehead atoms. The quantitative estimate of drug-likeness (QED) is 0.733. The normalized spacial score (nSPS) is 19.5. The van der Waals surface area contributed by atoms with Crippen LogP contribution in [0.3, 0.4) is 0 Å². The number of hydrogen-bond acceptors (Lipinski definition) is 2. The van der Waals surface area contributed by atoms with Crippen LogP contribution in [0.5, 0.6) is 0 Å². The third-order valence-electron chi connectivity index (χ3n) is 2.73. The molecule has 1 aliphatic rings. The Bertz CT molecular complexity index is 279. The molecule has 0 saturated heterocycles. The van der Waals surface area contributed by atoms with Crippen LogP contribution in [0.15, 0.2) is 29.7 Å². The van der Waals surface area contributed by atoms with Gasteiger partial charge in [0.05, 0.1) is 0 Å². The molecule has 2 rings (SSSR count). The number of allylic oxidation sites excluding steroid dienone is 2. The molecule has 1 heterocycles. The number of rotatable bonds is 3. The predicted molar refractivity (Wildman–Crippen MR) is 55.9 cm³/mol. The molecule has 0 aliphatic heterocycles. The van der Waals surface area contributed by atoms with Gasteiger partial charge in [0.25, 0.3) is 0 Å². The molecular weight excluding hydrogens is 180 g/mol. The van der Waals surface area contributed by atoms with Gasteiger partial charge in [0.15, 0.2) is 0 Å². The number of aliphatic hydroxyl groups excluding tert-OH is 1. The number of aliphatic hydroxyl groups is 1. The molecule has 0 aromatic carbocycles. The second kappa shape index (κ2) is 3.64. The van der Waals surface area contributed by atoms with Crippen molar-refractivity contribution in [2.75, 3.05) is 6.61 Å². The van der Waals surface area contributed by atoms with E-state index in [2.05, 4.69) is 29.7 Å². The SMILES string of the molecule is OCC1(Cc2cccs2)CC=CC1. The Kier molecular flexibility index (Phi) is 2.51. The largest absolute Gasteiger partial charge is 0.396 e. The van der Waals surface area contributed by atoms with Crippen LogP contribution >= 0.6 is 11.3 Å². The lowest BCUT2D eigenvalue weighted by molar-refractivity contribution is 0.137. The molecule has 70 valence electrons. The lowest BCUT2D eigenvalue weighted by atomic mass is 9.82. The van der Waals surface area contributed by atoms with Crippen molar-refractivity contribution in [3.8, 4) is 0 Å². The van der Waals surface area contributed by atoms with Crippen LogP contribution < -0.4 is 0 Å². The molecule has 0 radical (unpaired) electrons. The van der Waals surface area contributed by atoms with Crippen LogP contribution in [0.4, 0.5) is 0 Å². The maximum atomic E-state index is 9.38. The van der Waals surface area contributed by atoms with Crippen molar-refractivity contribution in [3.05, 3.63) is 34.5 Å². The first-order valence-electron chi connectivity index (χ1n) is 4.63. The van der Waals surface area contributed by atoms with Gasteiger partial charge in [0, 0.05) is 16.9 Å². The first-order valence-corrected chi connectivity index (χ1v) is 5.51. The van der Waals surface area contributed by atoms with Gasteiger partial charge in [-0.3, -0.25) is 0 Å². The molecule has 1 aliphatic carbocycles. The van der Waals surface area contributed by atoms with E-state index in [0.717, 1.165) is 19.3 Å². The van der Waals surface area contributed by atoms with Gasteiger partial charge in [-0.2, -0.15) is 0 Å². The minimum absolute atomic E-state index is 0.116. The third-order valence-corrected chi connectivity index (χ3v) is 3.61. The van der Waals surface area contributed by atoms with Crippen LogP contribution in [0, 0.1) is 5.41 Å². The summed E-state index contributed by atoms with van der Waals surface area (Å²) in [6.45, 7) is 0.303. The van der Waals surface area contributed by atoms with Crippen LogP contribution in [0.25, 0.3) is 0 Å². The lowest BCUT2D eigenvalue weighted by Gasteiger charge is -2.25. The zero-order valence-corrected chi connectivity index (χ0v) is 8.39. The molecule has 1 aromatic rings. The summed E-state index contributed by atoms with van der Waals surface area (Å²) in [4.78, 5) is 1.39. The zero-order chi connectivity index (χ0) is 9.15. The van der Waals surface area contributed by atoms with Gasteiger partial charge in [-0.05, 0) is 30.7 Å². The summed E-state index contributed by atoms with van der Waals surface area (Å²) < 4.78 is 0. The van der Waals surface area contributed by atoms with Crippen LogP contribution in [-0.2, 0) is 6.42 Å². The summed E-state index contributed by atoms with van der Waals surface area (Å²) in [6.07, 6.45) is 7.45. The van der Waals surface area contributed by atoms with Crippen molar-refractivity contribution in [2.45, 2.75) is 19.3 Å². The topological polar surface area (TPSA) is 20.2 Å². The van der Waals surface area contributed by atoms with E-state index >= 15 is 0 Å². The molecule has 0 atom stereocenters. The maximum Gasteiger partial charge on any atom is 0.0496 e. The Labute approximate surface area is 82.7 Å². The number of thiophene rings is 1. The highest BCUT2D eigenvalue weighted by Crippen LogP contribution is 2.37. The Morgan fingerprint density at radius 1 is 1.38 bits per heavy atom. The fourth-order valence-corrected chi connectivity index (χ4v) is 2.74. The maximum absolute atomic E-state index is 9.38. The van der Waals surface area contributed by atoms with E-state index in [4.69, 9.17) is 0 Å². The molecule has 0 saturated carbocycles. The zero-order valence-electron chi connectivity index (χ0n) is 7.57. The Balaban J connectivity index is 2.07. The summed E-state index contributed by atoms with van der Waals surface area (Å²) in [5.74, 6) is 0. The van der Waals surface area contributed by atoms with Crippen LogP contribution in [0.1, 0.15) is 17.7 Å². The molecule has 0 spiro atoms. The van der Waals surface area contributed by atoms with E-state index in [9.17, 15) is 5.11 Å². The van der Waals surface area contributed by atoms with Gasteiger partial charge in [-0.15, -0.1) is 11.3 Å². The van der Waals surface area contributed by atoms with Gasteiger partial charge in [-0.25, -0.2) is 0 Å². The summed E-state index contributed by atoms with van der Waals surface area (Å²) in [7, 11) is 0. The van der Waals surface area contributed by atoms with Crippen molar-refractivity contribution in [1.29, 1.82) is 0 Å². The molecule has 0 fully saturated rings. The Morgan fingerprint density at radius 2 is 2.15 bits per heavy atom. The van der Waals surface area contributed by atoms with Crippen molar-refractivity contribution < 1.29 is 5.11 Å². The average molecular weight is 194 g/mol. The molecular formula is C11H14OS. The summed E-state index contributed by atoms with van der Waals surface area (Å²) in [5.41, 5.74) is 0.116. The summed E-state index contributed by atoms with van der Waals surface area (Å²) in [6, 6.07) is 4.23. The Morgan fingerprint density at radius 3 is 2.69 bits per heavy atom. The van der Waals surface area contributed by atoms with Crippen LogP contribution in [-0.4, -0.2) is 11.7 Å². The highest BCUT2D eigenvalue weighted by atomic mass is 32.1. The van der Waals surface area contributed by atoms with Crippen molar-refractivity contribution >= 4 is 11.3 Å². The Hall–Kier alpha value is -0.600. The van der Waals surface area contributed by atoms with Crippen molar-refractivity contribution in [1.82, 2.24) is 0 Å². The van der Waals surface area contributed by atoms with E-state index < -0.39 is 0 Å². The van der Waals surface area contributed by atoms with Crippen molar-refractivity contribution in [2.24, 2.45) is 5.41 Å². The molecule has 1 aromatic heterocycles. The summed E-state index contributed by atoms with van der Waals surface area (Å²) >= 11 is 1.78. The lowest BCUT2D eigenvalue weighted by Crippen LogP contribution is -2.24. The minimum atomic E-state index is 0.116. The highest BCUT2D eigenvalue weighted by molar-refractivity contribution is 7.09. The fraction of sp³-hybridized carbons (Fsp3) is 0.455. The fourth-order valence-electron chi connectivity index (χ4n) is 1.86. The third kappa shape index (κ3) is 1.84. The number of hydrogen-bond donors (Lipinski definition) is 1. The highest BCUT2D eigenvalue weighted by Gasteiger charge is 2.30.